The van der Waals surface area contributed by atoms with Gasteiger partial charge in [0.2, 0.25) is 5.91 Å². The number of aromatic nitrogens is 2. The maximum Gasteiger partial charge on any atom is 0.231 e. The van der Waals surface area contributed by atoms with Gasteiger partial charge in [-0.15, -0.1) is 0 Å². The number of nitrogens with zero attached hydrogens (tertiary/aromatic N) is 3. The number of carbonyl (C=O) groups excluding carboxylic acids is 1. The van der Waals surface area contributed by atoms with Gasteiger partial charge in [0.05, 0.1) is 12.7 Å². The third kappa shape index (κ3) is 3.33. The summed E-state index contributed by atoms with van der Waals surface area (Å²) in [6.45, 7) is 0.597. The fourth-order valence-corrected chi connectivity index (χ4v) is 3.34. The number of aryl methyl sites for hydroxylation is 1. The molecule has 4 heteroatoms. The van der Waals surface area contributed by atoms with Gasteiger partial charge in [-0.2, -0.15) is 5.10 Å². The van der Waals surface area contributed by atoms with E-state index in [4.69, 9.17) is 0 Å². The zero-order valence-electron chi connectivity index (χ0n) is 14.2. The number of hydrogen-bond acceptors (Lipinski definition) is 2. The molecule has 1 heterocycles. The Morgan fingerprint density at radius 1 is 1.12 bits per heavy atom. The molecule has 1 fully saturated rings. The zero-order valence-corrected chi connectivity index (χ0v) is 14.2. The summed E-state index contributed by atoms with van der Waals surface area (Å²) in [7, 11) is 1.91. The van der Waals surface area contributed by atoms with E-state index in [1.165, 1.54) is 0 Å². The summed E-state index contributed by atoms with van der Waals surface area (Å²) in [6.07, 6.45) is 4.80. The van der Waals surface area contributed by atoms with Crippen molar-refractivity contribution < 1.29 is 4.79 Å². The summed E-state index contributed by atoms with van der Waals surface area (Å²) in [4.78, 5) is 15.1. The average Bonchev–Trinajstić information content (AvgIpc) is 3.34. The predicted molar refractivity (Wildman–Crippen MR) is 98.1 cm³/mol. The van der Waals surface area contributed by atoms with Gasteiger partial charge < -0.3 is 4.90 Å². The zero-order chi connectivity index (χ0) is 17.2. The summed E-state index contributed by atoms with van der Waals surface area (Å²) < 4.78 is 1.80. The number of amides is 1. The minimum Gasteiger partial charge on any atom is -0.308 e. The van der Waals surface area contributed by atoms with Gasteiger partial charge in [0.15, 0.2) is 0 Å². The normalized spacial score (nSPS) is 18.8. The lowest BCUT2D eigenvalue weighted by Gasteiger charge is -2.23. The molecule has 1 aliphatic carbocycles. The highest BCUT2D eigenvalue weighted by molar-refractivity contribution is 5.97. The van der Waals surface area contributed by atoms with Crippen molar-refractivity contribution in [1.82, 2.24) is 9.78 Å². The summed E-state index contributed by atoms with van der Waals surface area (Å²) in [6, 6.07) is 20.1. The lowest BCUT2D eigenvalue weighted by molar-refractivity contribution is -0.120. The van der Waals surface area contributed by atoms with Crippen LogP contribution in [0.2, 0.25) is 0 Å². The van der Waals surface area contributed by atoms with Gasteiger partial charge in [-0.1, -0.05) is 48.5 Å². The van der Waals surface area contributed by atoms with Crippen molar-refractivity contribution in [2.75, 3.05) is 4.90 Å². The molecule has 0 radical (unpaired) electrons. The quantitative estimate of drug-likeness (QED) is 0.714. The molecular formula is C21H21N3O. The number of para-hydroxylation sites is 1. The molecule has 3 aromatic rings. The van der Waals surface area contributed by atoms with E-state index < -0.39 is 0 Å². The van der Waals surface area contributed by atoms with Crippen LogP contribution in [0.15, 0.2) is 73.1 Å². The smallest absolute Gasteiger partial charge is 0.231 e. The van der Waals surface area contributed by atoms with E-state index in [9.17, 15) is 4.79 Å². The van der Waals surface area contributed by atoms with E-state index in [0.29, 0.717) is 12.5 Å². The Hall–Kier alpha value is -2.88. The Labute approximate surface area is 147 Å². The van der Waals surface area contributed by atoms with Gasteiger partial charge in [-0.25, -0.2) is 0 Å². The van der Waals surface area contributed by atoms with Gasteiger partial charge in [-0.05, 0) is 35.6 Å². The standard InChI is InChI=1S/C21H21N3O/c1-23-15-17(13-22-23)19-12-20(19)21(25)24(18-10-6-3-7-11-18)14-16-8-4-2-5-9-16/h2-11,13,15,19-20H,12,14H2,1H3/t19-,20-/m0/s1. The molecule has 126 valence electrons. The van der Waals surface area contributed by atoms with Crippen LogP contribution in [0, 0.1) is 5.92 Å². The first-order valence-electron chi connectivity index (χ1n) is 8.61. The maximum atomic E-state index is 13.2. The monoisotopic (exact) mass is 331 g/mol. The first-order chi connectivity index (χ1) is 12.2. The van der Waals surface area contributed by atoms with Gasteiger partial charge >= 0.3 is 0 Å². The Kier molecular flexibility index (Phi) is 4.10. The molecule has 0 bridgehead atoms. The second-order valence-electron chi connectivity index (χ2n) is 6.64. The lowest BCUT2D eigenvalue weighted by atomic mass is 10.1. The van der Waals surface area contributed by atoms with Crippen LogP contribution in [-0.4, -0.2) is 15.7 Å². The molecule has 0 N–H and O–H groups in total. The molecule has 0 spiro atoms. The lowest BCUT2D eigenvalue weighted by Crippen LogP contribution is -2.32. The van der Waals surface area contributed by atoms with Gasteiger partial charge in [0, 0.05) is 24.8 Å². The van der Waals surface area contributed by atoms with Crippen LogP contribution in [0.1, 0.15) is 23.5 Å². The Morgan fingerprint density at radius 2 is 1.80 bits per heavy atom. The van der Waals surface area contributed by atoms with E-state index >= 15 is 0 Å². The molecule has 0 unspecified atom stereocenters. The van der Waals surface area contributed by atoms with Crippen molar-refractivity contribution in [3.8, 4) is 0 Å². The average molecular weight is 331 g/mol. The first kappa shape index (κ1) is 15.6. The summed E-state index contributed by atoms with van der Waals surface area (Å²) in [5.74, 6) is 0.542. The highest BCUT2D eigenvalue weighted by Crippen LogP contribution is 2.48. The largest absolute Gasteiger partial charge is 0.308 e. The Balaban J connectivity index is 1.57. The van der Waals surface area contributed by atoms with Crippen LogP contribution in [0.3, 0.4) is 0 Å². The fourth-order valence-electron chi connectivity index (χ4n) is 3.34. The van der Waals surface area contributed by atoms with Crippen LogP contribution in [0.5, 0.6) is 0 Å². The van der Waals surface area contributed by atoms with E-state index in [-0.39, 0.29) is 11.8 Å². The molecule has 0 saturated heterocycles. The van der Waals surface area contributed by atoms with Gasteiger partial charge in [-0.3, -0.25) is 9.48 Å². The van der Waals surface area contributed by atoms with E-state index in [0.717, 1.165) is 23.2 Å². The maximum absolute atomic E-state index is 13.2. The molecular weight excluding hydrogens is 310 g/mol. The van der Waals surface area contributed by atoms with Crippen molar-refractivity contribution >= 4 is 11.6 Å². The topological polar surface area (TPSA) is 38.1 Å². The summed E-state index contributed by atoms with van der Waals surface area (Å²) in [5, 5.41) is 4.23. The van der Waals surface area contributed by atoms with Crippen LogP contribution >= 0.6 is 0 Å². The molecule has 4 rings (SSSR count). The van der Waals surface area contributed by atoms with Gasteiger partial charge in [0.25, 0.3) is 0 Å². The van der Waals surface area contributed by atoms with E-state index in [2.05, 4.69) is 17.2 Å². The Bertz CT molecular complexity index is 857. The van der Waals surface area contributed by atoms with Gasteiger partial charge in [0.1, 0.15) is 0 Å². The molecule has 25 heavy (non-hydrogen) atoms. The predicted octanol–water partition coefficient (Wildman–Crippen LogP) is 3.76. The molecule has 1 amide bonds. The van der Waals surface area contributed by atoms with Crippen LogP contribution in [-0.2, 0) is 18.4 Å². The summed E-state index contributed by atoms with van der Waals surface area (Å²) >= 11 is 0. The second-order valence-corrected chi connectivity index (χ2v) is 6.64. The third-order valence-corrected chi connectivity index (χ3v) is 4.78. The molecule has 4 nitrogen and oxygen atoms in total. The molecule has 1 saturated carbocycles. The molecule has 2 atom stereocenters. The Morgan fingerprint density at radius 3 is 2.44 bits per heavy atom. The van der Waals surface area contributed by atoms with Crippen LogP contribution in [0.25, 0.3) is 0 Å². The van der Waals surface area contributed by atoms with E-state index in [1.54, 1.807) is 4.68 Å². The van der Waals surface area contributed by atoms with Crippen LogP contribution in [0.4, 0.5) is 5.69 Å². The van der Waals surface area contributed by atoms with Crippen molar-refractivity contribution in [2.24, 2.45) is 13.0 Å². The minimum atomic E-state index is 0.0492. The SMILES string of the molecule is Cn1cc([C@@H]2C[C@@H]2C(=O)N(Cc2ccccc2)c2ccccc2)cn1. The molecule has 1 aliphatic rings. The van der Waals surface area contributed by atoms with Crippen molar-refractivity contribution in [3.05, 3.63) is 84.2 Å². The minimum absolute atomic E-state index is 0.0492. The number of rotatable bonds is 5. The highest BCUT2D eigenvalue weighted by Gasteiger charge is 2.46. The molecule has 0 aliphatic heterocycles. The fraction of sp³-hybridized carbons (Fsp3) is 0.238. The van der Waals surface area contributed by atoms with Crippen LogP contribution < -0.4 is 4.90 Å². The first-order valence-corrected chi connectivity index (χ1v) is 8.61. The summed E-state index contributed by atoms with van der Waals surface area (Å²) in [5.41, 5.74) is 3.25. The van der Waals surface area contributed by atoms with Crippen molar-refractivity contribution in [2.45, 2.75) is 18.9 Å². The second kappa shape index (κ2) is 6.55. The van der Waals surface area contributed by atoms with E-state index in [1.807, 2.05) is 72.9 Å². The highest BCUT2D eigenvalue weighted by atomic mass is 16.2. The van der Waals surface area contributed by atoms with Crippen molar-refractivity contribution in [1.29, 1.82) is 0 Å². The molecule has 1 aromatic heterocycles. The third-order valence-electron chi connectivity index (χ3n) is 4.78. The number of hydrogen-bond donors (Lipinski definition) is 0. The number of benzene rings is 2. The number of anilines is 1. The van der Waals surface area contributed by atoms with Crippen molar-refractivity contribution in [3.63, 3.8) is 0 Å². The molecule has 2 aromatic carbocycles. The number of carbonyl (C=O) groups is 1.